The molecular formula is C31H26N6O2. The largest absolute Gasteiger partial charge is 0.457 e. The molecule has 0 radical (unpaired) electrons. The van der Waals surface area contributed by atoms with Gasteiger partial charge in [-0.1, -0.05) is 49.4 Å². The molecule has 1 amide bonds. The zero-order valence-electron chi connectivity index (χ0n) is 21.3. The van der Waals surface area contributed by atoms with Crippen LogP contribution in [-0.2, 0) is 4.79 Å². The molecule has 8 nitrogen and oxygen atoms in total. The first-order valence-corrected chi connectivity index (χ1v) is 12.5. The molecule has 0 saturated heterocycles. The van der Waals surface area contributed by atoms with Crippen LogP contribution in [0.25, 0.3) is 38.8 Å². The van der Waals surface area contributed by atoms with Gasteiger partial charge >= 0.3 is 0 Å². The molecule has 192 valence electrons. The molecule has 8 heteroatoms. The van der Waals surface area contributed by atoms with Crippen LogP contribution in [-0.4, -0.2) is 27.0 Å². The minimum Gasteiger partial charge on any atom is -0.457 e. The number of nitrogens with one attached hydrogen (secondary N) is 1. The maximum Gasteiger partial charge on any atom is 0.250 e. The van der Waals surface area contributed by atoms with Gasteiger partial charge in [0.25, 0.3) is 5.70 Å². The van der Waals surface area contributed by atoms with Gasteiger partial charge in [-0.15, -0.1) is 0 Å². The number of nitrogens with zero attached hydrogens (tertiary/aromatic N) is 4. The highest BCUT2D eigenvalue weighted by Crippen LogP contribution is 2.35. The molecule has 0 fully saturated rings. The number of hydrogen-bond acceptors (Lipinski definition) is 5. The van der Waals surface area contributed by atoms with Crippen LogP contribution in [0.15, 0.2) is 97.1 Å². The fraction of sp³-hybridized carbons (Fsp3) is 0.0968. The third-order valence-corrected chi connectivity index (χ3v) is 6.10. The Balaban J connectivity index is 1.52. The standard InChI is InChI=1S/C31H26N6O2/c1-3-16-34-31(38)27(33-2)18-21-8-7-9-23(17-21)37-19-26(28-29(32)35-20-36-30(28)37)22-12-14-25(15-13-22)39-24-10-5-4-6-11-24/h4-15,17-20H,3,16H2,1H3,(H,34,38)(H2,32,35,36)/b27-18-. The summed E-state index contributed by atoms with van der Waals surface area (Å²) in [5.74, 6) is 1.47. The Kier molecular flexibility index (Phi) is 7.32. The number of fused-ring (bicyclic) bond motifs is 1. The summed E-state index contributed by atoms with van der Waals surface area (Å²) in [6.07, 6.45) is 5.79. The Morgan fingerprint density at radius 1 is 1.05 bits per heavy atom. The number of rotatable bonds is 8. The molecule has 2 heterocycles. The van der Waals surface area contributed by atoms with E-state index >= 15 is 0 Å². The topological polar surface area (TPSA) is 99.4 Å². The molecule has 2 aromatic heterocycles. The van der Waals surface area contributed by atoms with Crippen molar-refractivity contribution in [1.82, 2.24) is 19.9 Å². The van der Waals surface area contributed by atoms with Crippen molar-refractivity contribution in [3.05, 3.63) is 114 Å². The van der Waals surface area contributed by atoms with Gasteiger partial charge in [0.2, 0.25) is 5.91 Å². The maximum atomic E-state index is 12.4. The molecule has 0 aliphatic rings. The molecule has 0 spiro atoms. The van der Waals surface area contributed by atoms with E-state index in [2.05, 4.69) is 20.1 Å². The molecular weight excluding hydrogens is 488 g/mol. The number of anilines is 1. The number of carbonyl (C=O) groups is 1. The normalized spacial score (nSPS) is 11.2. The minimum atomic E-state index is -0.383. The highest BCUT2D eigenvalue weighted by molar-refractivity contribution is 6.02. The molecule has 3 N–H and O–H groups in total. The Morgan fingerprint density at radius 3 is 2.56 bits per heavy atom. The quantitative estimate of drug-likeness (QED) is 0.188. The lowest BCUT2D eigenvalue weighted by Crippen LogP contribution is -2.24. The third-order valence-electron chi connectivity index (χ3n) is 6.10. The third kappa shape index (κ3) is 5.48. The van der Waals surface area contributed by atoms with E-state index in [0.29, 0.717) is 18.0 Å². The van der Waals surface area contributed by atoms with E-state index in [0.717, 1.165) is 45.7 Å². The van der Waals surface area contributed by atoms with Gasteiger partial charge in [0.1, 0.15) is 23.6 Å². The Labute approximate surface area is 226 Å². The number of carbonyl (C=O) groups excluding carboxylic acids is 1. The van der Waals surface area contributed by atoms with Crippen LogP contribution in [0, 0.1) is 6.57 Å². The number of para-hydroxylation sites is 1. The summed E-state index contributed by atoms with van der Waals surface area (Å²) < 4.78 is 7.87. The van der Waals surface area contributed by atoms with Crippen molar-refractivity contribution in [3.8, 4) is 28.3 Å². The molecule has 3 aromatic carbocycles. The fourth-order valence-corrected chi connectivity index (χ4v) is 4.23. The molecule has 39 heavy (non-hydrogen) atoms. The second kappa shape index (κ2) is 11.3. The monoisotopic (exact) mass is 514 g/mol. The number of nitrogens with two attached hydrogens (primary N) is 1. The van der Waals surface area contributed by atoms with Crippen molar-refractivity contribution in [1.29, 1.82) is 0 Å². The lowest BCUT2D eigenvalue weighted by molar-refractivity contribution is -0.117. The predicted octanol–water partition coefficient (Wildman–Crippen LogP) is 6.25. The van der Waals surface area contributed by atoms with Crippen LogP contribution in [0.2, 0.25) is 0 Å². The number of amides is 1. The second-order valence-electron chi connectivity index (χ2n) is 8.80. The highest BCUT2D eigenvalue weighted by atomic mass is 16.5. The number of nitrogen functional groups attached to an aromatic ring is 1. The maximum absolute atomic E-state index is 12.4. The highest BCUT2D eigenvalue weighted by Gasteiger charge is 2.17. The van der Waals surface area contributed by atoms with Gasteiger partial charge in [-0.3, -0.25) is 4.79 Å². The van der Waals surface area contributed by atoms with Crippen molar-refractivity contribution in [2.24, 2.45) is 0 Å². The van der Waals surface area contributed by atoms with Gasteiger partial charge in [-0.25, -0.2) is 14.8 Å². The van der Waals surface area contributed by atoms with E-state index < -0.39 is 0 Å². The van der Waals surface area contributed by atoms with Crippen LogP contribution >= 0.6 is 0 Å². The number of aromatic nitrogens is 3. The van der Waals surface area contributed by atoms with E-state index in [1.54, 1.807) is 6.08 Å². The average molecular weight is 515 g/mol. The SMILES string of the molecule is [C-]#[N+]/C(=C\c1cccc(-n2cc(-c3ccc(Oc4ccccc4)cc3)c3c(N)ncnc32)c1)C(=O)NCCC. The summed E-state index contributed by atoms with van der Waals surface area (Å²) in [5.41, 5.74) is 10.3. The van der Waals surface area contributed by atoms with Crippen LogP contribution < -0.4 is 15.8 Å². The van der Waals surface area contributed by atoms with Gasteiger partial charge in [0, 0.05) is 24.0 Å². The van der Waals surface area contributed by atoms with Gasteiger partial charge in [-0.2, -0.15) is 0 Å². The summed E-state index contributed by atoms with van der Waals surface area (Å²) in [6.45, 7) is 9.93. The predicted molar refractivity (Wildman–Crippen MR) is 153 cm³/mol. The van der Waals surface area contributed by atoms with E-state index in [4.69, 9.17) is 17.0 Å². The van der Waals surface area contributed by atoms with Gasteiger partial charge in [0.05, 0.1) is 12.0 Å². The smallest absolute Gasteiger partial charge is 0.250 e. The molecule has 0 saturated carbocycles. The van der Waals surface area contributed by atoms with Crippen LogP contribution in [0.3, 0.4) is 0 Å². The van der Waals surface area contributed by atoms with Crippen molar-refractivity contribution in [2.75, 3.05) is 12.3 Å². The van der Waals surface area contributed by atoms with Crippen molar-refractivity contribution in [2.45, 2.75) is 13.3 Å². The van der Waals surface area contributed by atoms with Crippen molar-refractivity contribution < 1.29 is 9.53 Å². The Morgan fingerprint density at radius 2 is 1.82 bits per heavy atom. The van der Waals surface area contributed by atoms with Gasteiger partial charge < -0.3 is 20.4 Å². The summed E-state index contributed by atoms with van der Waals surface area (Å²) >= 11 is 0. The molecule has 0 bridgehead atoms. The first-order valence-electron chi connectivity index (χ1n) is 12.5. The summed E-state index contributed by atoms with van der Waals surface area (Å²) in [7, 11) is 0. The summed E-state index contributed by atoms with van der Waals surface area (Å²) in [5, 5.41) is 3.49. The average Bonchev–Trinajstić information content (AvgIpc) is 3.37. The first-order chi connectivity index (χ1) is 19.1. The van der Waals surface area contributed by atoms with Crippen molar-refractivity contribution in [3.63, 3.8) is 0 Å². The zero-order valence-corrected chi connectivity index (χ0v) is 21.3. The number of benzene rings is 3. The van der Waals surface area contributed by atoms with E-state index in [1.165, 1.54) is 6.33 Å². The summed E-state index contributed by atoms with van der Waals surface area (Å²) in [4.78, 5) is 24.5. The number of ether oxygens (including phenoxy) is 1. The molecule has 0 atom stereocenters. The Hall–Kier alpha value is -5.42. The molecule has 0 aliphatic heterocycles. The minimum absolute atomic E-state index is 0.0306. The zero-order chi connectivity index (χ0) is 27.2. The van der Waals surface area contributed by atoms with E-state index in [1.807, 2.05) is 96.6 Å². The second-order valence-corrected chi connectivity index (χ2v) is 8.80. The van der Waals surface area contributed by atoms with Crippen molar-refractivity contribution >= 4 is 28.8 Å². The lowest BCUT2D eigenvalue weighted by Gasteiger charge is -2.07. The molecule has 0 aliphatic carbocycles. The molecule has 5 aromatic rings. The fourth-order valence-electron chi connectivity index (χ4n) is 4.23. The lowest BCUT2D eigenvalue weighted by atomic mass is 10.1. The Bertz CT molecular complexity index is 1700. The van der Waals surface area contributed by atoms with Crippen LogP contribution in [0.1, 0.15) is 18.9 Å². The molecule has 0 unspecified atom stereocenters. The number of hydrogen-bond donors (Lipinski definition) is 2. The van der Waals surface area contributed by atoms with Crippen LogP contribution in [0.5, 0.6) is 11.5 Å². The van der Waals surface area contributed by atoms with Gasteiger partial charge in [-0.05, 0) is 60.0 Å². The van der Waals surface area contributed by atoms with Gasteiger partial charge in [0.15, 0.2) is 5.65 Å². The van der Waals surface area contributed by atoms with E-state index in [-0.39, 0.29) is 11.6 Å². The van der Waals surface area contributed by atoms with E-state index in [9.17, 15) is 4.79 Å². The first kappa shape index (κ1) is 25.2. The van der Waals surface area contributed by atoms with Crippen LogP contribution in [0.4, 0.5) is 5.82 Å². The summed E-state index contributed by atoms with van der Waals surface area (Å²) in [6, 6.07) is 24.9. The molecule has 5 rings (SSSR count).